The fraction of sp³-hybridized carbons (Fsp3) is 0.368. The second-order valence-electron chi connectivity index (χ2n) is 6.33. The molecule has 3 nitrogen and oxygen atoms in total. The van der Waals surface area contributed by atoms with Crippen LogP contribution in [0, 0.1) is 0 Å². The standard InChI is InChI=1S/C19H23NO2S/c1-15(16-6-4-3-5-7-16)20-12-10-17-8-9-19(23(2,21)22)14-18(17)11-13-20/h3-9,14-15H,10-13H2,1-2H3. The van der Waals surface area contributed by atoms with Crippen LogP contribution >= 0.6 is 0 Å². The summed E-state index contributed by atoms with van der Waals surface area (Å²) < 4.78 is 23.5. The molecule has 0 radical (unpaired) electrons. The first-order chi connectivity index (χ1) is 10.9. The van der Waals surface area contributed by atoms with E-state index < -0.39 is 9.84 Å². The maximum Gasteiger partial charge on any atom is 0.175 e. The number of benzene rings is 2. The average molecular weight is 329 g/mol. The van der Waals surface area contributed by atoms with E-state index in [1.54, 1.807) is 6.07 Å². The monoisotopic (exact) mass is 329 g/mol. The van der Waals surface area contributed by atoms with Crippen LogP contribution < -0.4 is 0 Å². The molecule has 122 valence electrons. The van der Waals surface area contributed by atoms with Gasteiger partial charge in [-0.1, -0.05) is 36.4 Å². The Morgan fingerprint density at radius 2 is 1.61 bits per heavy atom. The molecule has 2 aromatic rings. The third-order valence-electron chi connectivity index (χ3n) is 4.77. The molecule has 1 aliphatic heterocycles. The van der Waals surface area contributed by atoms with Crippen LogP contribution in [0.3, 0.4) is 0 Å². The van der Waals surface area contributed by atoms with Crippen molar-refractivity contribution in [2.24, 2.45) is 0 Å². The van der Waals surface area contributed by atoms with Crippen molar-refractivity contribution in [2.45, 2.75) is 30.7 Å². The fourth-order valence-corrected chi connectivity index (χ4v) is 3.95. The number of rotatable bonds is 3. The largest absolute Gasteiger partial charge is 0.296 e. The van der Waals surface area contributed by atoms with Gasteiger partial charge in [0.2, 0.25) is 0 Å². The van der Waals surface area contributed by atoms with Gasteiger partial charge in [-0.3, -0.25) is 4.90 Å². The maximum absolute atomic E-state index is 11.8. The summed E-state index contributed by atoms with van der Waals surface area (Å²) in [5.41, 5.74) is 3.78. The van der Waals surface area contributed by atoms with Crippen molar-refractivity contribution >= 4 is 9.84 Å². The van der Waals surface area contributed by atoms with Crippen LogP contribution in [0.1, 0.15) is 29.7 Å². The van der Waals surface area contributed by atoms with Gasteiger partial charge < -0.3 is 0 Å². The molecule has 0 aromatic heterocycles. The van der Waals surface area contributed by atoms with Crippen molar-refractivity contribution < 1.29 is 8.42 Å². The van der Waals surface area contributed by atoms with Crippen molar-refractivity contribution in [2.75, 3.05) is 19.3 Å². The van der Waals surface area contributed by atoms with E-state index in [0.29, 0.717) is 10.9 Å². The minimum Gasteiger partial charge on any atom is -0.296 e. The first-order valence-electron chi connectivity index (χ1n) is 8.06. The Bertz CT molecular complexity index is 784. The second kappa shape index (κ2) is 6.46. The Hall–Kier alpha value is -1.65. The molecule has 1 aliphatic rings. The molecule has 3 rings (SSSR count). The highest BCUT2D eigenvalue weighted by molar-refractivity contribution is 7.90. The summed E-state index contributed by atoms with van der Waals surface area (Å²) in [6.07, 6.45) is 3.14. The van der Waals surface area contributed by atoms with E-state index >= 15 is 0 Å². The smallest absolute Gasteiger partial charge is 0.175 e. The van der Waals surface area contributed by atoms with E-state index in [4.69, 9.17) is 0 Å². The molecule has 0 bridgehead atoms. The molecule has 1 unspecified atom stereocenters. The van der Waals surface area contributed by atoms with E-state index in [2.05, 4.69) is 36.1 Å². The fourth-order valence-electron chi connectivity index (χ4n) is 3.28. The highest BCUT2D eigenvalue weighted by atomic mass is 32.2. The Labute approximate surface area is 138 Å². The van der Waals surface area contributed by atoms with Crippen LogP contribution in [0.15, 0.2) is 53.4 Å². The van der Waals surface area contributed by atoms with Crippen molar-refractivity contribution in [1.29, 1.82) is 0 Å². The zero-order valence-electron chi connectivity index (χ0n) is 13.7. The third-order valence-corrected chi connectivity index (χ3v) is 5.88. The number of hydrogen-bond acceptors (Lipinski definition) is 3. The van der Waals surface area contributed by atoms with Gasteiger partial charge in [-0.2, -0.15) is 0 Å². The van der Waals surface area contributed by atoms with Crippen LogP contribution in [0.25, 0.3) is 0 Å². The lowest BCUT2D eigenvalue weighted by molar-refractivity contribution is 0.221. The molecule has 0 saturated carbocycles. The van der Waals surface area contributed by atoms with E-state index in [1.807, 2.05) is 18.2 Å². The van der Waals surface area contributed by atoms with E-state index in [0.717, 1.165) is 25.9 Å². The van der Waals surface area contributed by atoms with Crippen molar-refractivity contribution in [3.8, 4) is 0 Å². The molecule has 0 N–H and O–H groups in total. The van der Waals surface area contributed by atoms with Crippen LogP contribution in [-0.4, -0.2) is 32.7 Å². The van der Waals surface area contributed by atoms with Gasteiger partial charge in [-0.25, -0.2) is 8.42 Å². The number of hydrogen-bond donors (Lipinski definition) is 0. The zero-order valence-corrected chi connectivity index (χ0v) is 14.5. The number of sulfone groups is 1. The third kappa shape index (κ3) is 3.65. The van der Waals surface area contributed by atoms with Gasteiger partial charge in [0, 0.05) is 25.4 Å². The summed E-state index contributed by atoms with van der Waals surface area (Å²) in [6, 6.07) is 16.5. The average Bonchev–Trinajstić information content (AvgIpc) is 2.76. The van der Waals surface area contributed by atoms with E-state index in [-0.39, 0.29) is 0 Å². The van der Waals surface area contributed by atoms with Gasteiger partial charge in [-0.15, -0.1) is 0 Å². The summed E-state index contributed by atoms with van der Waals surface area (Å²) in [5, 5.41) is 0. The number of nitrogens with zero attached hydrogens (tertiary/aromatic N) is 1. The zero-order chi connectivity index (χ0) is 16.4. The molecule has 0 amide bonds. The Balaban J connectivity index is 1.80. The minimum atomic E-state index is -3.13. The van der Waals surface area contributed by atoms with Gasteiger partial charge in [0.1, 0.15) is 0 Å². The lowest BCUT2D eigenvalue weighted by Gasteiger charge is -2.27. The first kappa shape index (κ1) is 16.2. The van der Waals surface area contributed by atoms with Crippen LogP contribution in [0.5, 0.6) is 0 Å². The predicted octanol–water partition coefficient (Wildman–Crippen LogP) is 3.25. The summed E-state index contributed by atoms with van der Waals surface area (Å²) in [4.78, 5) is 2.91. The maximum atomic E-state index is 11.8. The van der Waals surface area contributed by atoms with Gasteiger partial charge in [0.25, 0.3) is 0 Å². The van der Waals surface area contributed by atoms with Gasteiger partial charge >= 0.3 is 0 Å². The quantitative estimate of drug-likeness (QED) is 0.867. The topological polar surface area (TPSA) is 37.4 Å². The Morgan fingerprint density at radius 3 is 2.26 bits per heavy atom. The van der Waals surface area contributed by atoms with Crippen molar-refractivity contribution in [3.05, 3.63) is 65.2 Å². The molecule has 4 heteroatoms. The number of fused-ring (bicyclic) bond motifs is 1. The highest BCUT2D eigenvalue weighted by Crippen LogP contribution is 2.25. The van der Waals surface area contributed by atoms with Crippen LogP contribution in [0.2, 0.25) is 0 Å². The van der Waals surface area contributed by atoms with E-state index in [9.17, 15) is 8.42 Å². The molecule has 0 spiro atoms. The minimum absolute atomic E-state index is 0.375. The van der Waals surface area contributed by atoms with E-state index in [1.165, 1.54) is 22.9 Å². The van der Waals surface area contributed by atoms with Crippen LogP contribution in [0.4, 0.5) is 0 Å². The van der Waals surface area contributed by atoms with Gasteiger partial charge in [-0.05, 0) is 48.6 Å². The van der Waals surface area contributed by atoms with Crippen molar-refractivity contribution in [3.63, 3.8) is 0 Å². The predicted molar refractivity (Wildman–Crippen MR) is 93.4 cm³/mol. The Morgan fingerprint density at radius 1 is 0.957 bits per heavy atom. The molecule has 1 atom stereocenters. The lowest BCUT2D eigenvalue weighted by atomic mass is 10.0. The second-order valence-corrected chi connectivity index (χ2v) is 8.34. The van der Waals surface area contributed by atoms with Gasteiger partial charge in [0.05, 0.1) is 4.90 Å². The SMILES string of the molecule is CC(c1ccccc1)N1CCc2ccc(S(C)(=O)=O)cc2CC1. The summed E-state index contributed by atoms with van der Waals surface area (Å²) in [5.74, 6) is 0. The molecule has 0 fully saturated rings. The summed E-state index contributed by atoms with van der Waals surface area (Å²) in [7, 11) is -3.13. The first-order valence-corrected chi connectivity index (χ1v) is 9.95. The molecule has 23 heavy (non-hydrogen) atoms. The summed E-state index contributed by atoms with van der Waals surface area (Å²) >= 11 is 0. The normalized spacial score (nSPS) is 17.3. The highest BCUT2D eigenvalue weighted by Gasteiger charge is 2.20. The lowest BCUT2D eigenvalue weighted by Crippen LogP contribution is -2.29. The Kier molecular flexibility index (Phi) is 4.55. The molecule has 0 aliphatic carbocycles. The molecule has 1 heterocycles. The van der Waals surface area contributed by atoms with Crippen molar-refractivity contribution in [1.82, 2.24) is 4.90 Å². The van der Waals surface area contributed by atoms with Crippen LogP contribution in [-0.2, 0) is 22.7 Å². The molecular weight excluding hydrogens is 306 g/mol. The molecule has 0 saturated heterocycles. The van der Waals surface area contributed by atoms with Gasteiger partial charge in [0.15, 0.2) is 9.84 Å². The molecular formula is C19H23NO2S. The summed E-state index contributed by atoms with van der Waals surface area (Å²) in [6.45, 7) is 4.20. The molecule has 2 aromatic carbocycles.